The fourth-order valence-corrected chi connectivity index (χ4v) is 7.55. The van der Waals surface area contributed by atoms with Crippen LogP contribution in [0, 0.1) is 0 Å². The van der Waals surface area contributed by atoms with E-state index < -0.39 is 11.3 Å². The van der Waals surface area contributed by atoms with Crippen molar-refractivity contribution in [2.75, 3.05) is 28.4 Å². The number of aromatic nitrogens is 2. The van der Waals surface area contributed by atoms with Crippen molar-refractivity contribution in [3.8, 4) is 23.0 Å². The van der Waals surface area contributed by atoms with Gasteiger partial charge in [0.2, 0.25) is 11.3 Å². The average molecular weight is 782 g/mol. The van der Waals surface area contributed by atoms with E-state index in [2.05, 4.69) is 9.97 Å². The van der Waals surface area contributed by atoms with Gasteiger partial charge < -0.3 is 18.9 Å². The van der Waals surface area contributed by atoms with Crippen molar-refractivity contribution in [2.45, 2.75) is 11.3 Å². The first kappa shape index (κ1) is 36.6. The predicted molar refractivity (Wildman–Crippen MR) is 220 cm³/mol. The molecule has 0 saturated carbocycles. The molecule has 0 fully saturated rings. The van der Waals surface area contributed by atoms with E-state index in [1.807, 2.05) is 109 Å². The average Bonchev–Trinajstić information content (AvgIpc) is 3.86. The van der Waals surface area contributed by atoms with E-state index in [0.29, 0.717) is 89.3 Å². The van der Waals surface area contributed by atoms with Crippen LogP contribution in [0.3, 0.4) is 0 Å². The van der Waals surface area contributed by atoms with Crippen molar-refractivity contribution in [1.82, 2.24) is 9.97 Å². The molecule has 2 aliphatic heterocycles. The van der Waals surface area contributed by atoms with Gasteiger partial charge in [-0.25, -0.2) is 20.0 Å². The standard InChI is InChI=1S/C44H34Cl2N6O4/c1-53-35-15-13-27(25-37(35)55-3)39-41(31-9-5-7-11-33(31)45)51-43(49-39,29-17-21-47-22-18-29)44(30-19-23-48-24-20-30)50-40(28-14-16-36(54-2)38(26-28)56-4)42(52-44)32-10-6-8-12-34(32)46/h5-26H,1-4H3. The summed E-state index contributed by atoms with van der Waals surface area (Å²) in [5.41, 5.74) is 3.02. The van der Waals surface area contributed by atoms with Crippen molar-refractivity contribution in [2.24, 2.45) is 20.0 Å². The smallest absolute Gasteiger partial charge is 0.226 e. The maximum atomic E-state index is 7.00. The third-order valence-corrected chi connectivity index (χ3v) is 10.4. The lowest BCUT2D eigenvalue weighted by Gasteiger charge is -2.38. The van der Waals surface area contributed by atoms with Crippen LogP contribution in [-0.2, 0) is 11.3 Å². The molecule has 0 spiro atoms. The topological polar surface area (TPSA) is 112 Å². The molecule has 0 aliphatic carbocycles. The van der Waals surface area contributed by atoms with Gasteiger partial charge in [-0.05, 0) is 72.8 Å². The zero-order valence-corrected chi connectivity index (χ0v) is 32.3. The van der Waals surface area contributed by atoms with Gasteiger partial charge in [0.15, 0.2) is 23.0 Å². The van der Waals surface area contributed by atoms with Gasteiger partial charge in [-0.2, -0.15) is 0 Å². The van der Waals surface area contributed by atoms with Gasteiger partial charge in [-0.1, -0.05) is 59.6 Å². The summed E-state index contributed by atoms with van der Waals surface area (Å²) in [5.74, 6) is 2.16. The molecule has 12 heteroatoms. The Bertz CT molecular complexity index is 2400. The van der Waals surface area contributed by atoms with Crippen LogP contribution in [0.1, 0.15) is 33.4 Å². The molecule has 2 unspecified atom stereocenters. The van der Waals surface area contributed by atoms with Gasteiger partial charge in [-0.3, -0.25) is 9.97 Å². The van der Waals surface area contributed by atoms with Gasteiger partial charge in [0.25, 0.3) is 0 Å². The summed E-state index contributed by atoms with van der Waals surface area (Å²) < 4.78 is 22.7. The Morgan fingerprint density at radius 3 is 1.12 bits per heavy atom. The minimum Gasteiger partial charge on any atom is -0.493 e. The molecule has 0 radical (unpaired) electrons. The lowest BCUT2D eigenvalue weighted by Crippen LogP contribution is -2.43. The molecule has 56 heavy (non-hydrogen) atoms. The second kappa shape index (κ2) is 15.1. The number of nitrogens with zero attached hydrogens (tertiary/aromatic N) is 6. The monoisotopic (exact) mass is 780 g/mol. The number of ether oxygens (including phenoxy) is 4. The van der Waals surface area contributed by atoms with Crippen molar-refractivity contribution in [3.05, 3.63) is 177 Å². The minimum atomic E-state index is -1.60. The highest BCUT2D eigenvalue weighted by molar-refractivity contribution is 6.58. The molecular formula is C44H34Cl2N6O4. The molecule has 4 heterocycles. The van der Waals surface area contributed by atoms with E-state index in [1.165, 1.54) is 0 Å². The predicted octanol–water partition coefficient (Wildman–Crippen LogP) is 8.81. The number of pyridine rings is 2. The quantitative estimate of drug-likeness (QED) is 0.130. The summed E-state index contributed by atoms with van der Waals surface area (Å²) in [7, 11) is 6.37. The van der Waals surface area contributed by atoms with E-state index in [-0.39, 0.29) is 0 Å². The molecule has 0 amide bonds. The first-order valence-electron chi connectivity index (χ1n) is 17.5. The van der Waals surface area contributed by atoms with Crippen LogP contribution in [-0.4, -0.2) is 61.3 Å². The Balaban J connectivity index is 1.53. The molecule has 0 saturated heterocycles. The van der Waals surface area contributed by atoms with E-state index in [0.717, 1.165) is 0 Å². The summed E-state index contributed by atoms with van der Waals surface area (Å²) in [6, 6.07) is 33.8. The second-order valence-corrected chi connectivity index (χ2v) is 13.6. The number of hydrogen-bond acceptors (Lipinski definition) is 10. The summed E-state index contributed by atoms with van der Waals surface area (Å²) >= 11 is 14.0. The molecule has 8 rings (SSSR count). The Labute approximate surface area is 333 Å². The highest BCUT2D eigenvalue weighted by Gasteiger charge is 2.60. The van der Waals surface area contributed by atoms with Crippen LogP contribution < -0.4 is 18.9 Å². The molecule has 10 nitrogen and oxygen atoms in total. The van der Waals surface area contributed by atoms with Crippen molar-refractivity contribution in [3.63, 3.8) is 0 Å². The third kappa shape index (κ3) is 6.07. The normalized spacial score (nSPS) is 18.8. The lowest BCUT2D eigenvalue weighted by molar-refractivity contribution is 0.256. The first-order chi connectivity index (χ1) is 27.4. The Morgan fingerprint density at radius 1 is 0.411 bits per heavy atom. The number of benzene rings is 4. The summed E-state index contributed by atoms with van der Waals surface area (Å²) in [6.45, 7) is 0. The first-order valence-corrected chi connectivity index (χ1v) is 18.3. The largest absolute Gasteiger partial charge is 0.493 e. The van der Waals surface area contributed by atoms with E-state index in [4.69, 9.17) is 62.1 Å². The number of aliphatic imine (C=N–C) groups is 4. The van der Waals surface area contributed by atoms with Gasteiger partial charge in [0, 0.05) is 58.2 Å². The molecule has 4 aromatic carbocycles. The van der Waals surface area contributed by atoms with Crippen molar-refractivity contribution >= 4 is 46.0 Å². The lowest BCUT2D eigenvalue weighted by atomic mass is 9.82. The van der Waals surface area contributed by atoms with Crippen molar-refractivity contribution in [1.29, 1.82) is 0 Å². The van der Waals surface area contributed by atoms with Crippen LogP contribution >= 0.6 is 23.2 Å². The molecule has 6 aromatic rings. The fourth-order valence-electron chi connectivity index (χ4n) is 7.10. The number of methoxy groups -OCH3 is 4. The maximum Gasteiger partial charge on any atom is 0.226 e. The van der Waals surface area contributed by atoms with Gasteiger partial charge in [-0.15, -0.1) is 0 Å². The van der Waals surface area contributed by atoms with Crippen LogP contribution in [0.2, 0.25) is 10.0 Å². The molecule has 0 N–H and O–H groups in total. The van der Waals surface area contributed by atoms with Crippen molar-refractivity contribution < 1.29 is 18.9 Å². The van der Waals surface area contributed by atoms with E-state index in [9.17, 15) is 0 Å². The molecular weight excluding hydrogens is 747 g/mol. The number of rotatable bonds is 11. The van der Waals surface area contributed by atoms with Gasteiger partial charge >= 0.3 is 0 Å². The van der Waals surface area contributed by atoms with Gasteiger partial charge in [0.1, 0.15) is 0 Å². The van der Waals surface area contributed by atoms with Gasteiger partial charge in [0.05, 0.1) is 61.3 Å². The Morgan fingerprint density at radius 2 is 0.768 bits per heavy atom. The molecule has 2 atom stereocenters. The Hall–Kier alpha value is -6.36. The van der Waals surface area contributed by atoms with Crippen LogP contribution in [0.15, 0.2) is 154 Å². The summed E-state index contributed by atoms with van der Waals surface area (Å²) in [6.07, 6.45) is 6.83. The van der Waals surface area contributed by atoms with E-state index in [1.54, 1.807) is 53.2 Å². The number of hydrogen-bond donors (Lipinski definition) is 0. The van der Waals surface area contributed by atoms with Crippen LogP contribution in [0.4, 0.5) is 0 Å². The summed E-state index contributed by atoms with van der Waals surface area (Å²) in [5, 5.41) is 0.980. The highest BCUT2D eigenvalue weighted by Crippen LogP contribution is 2.55. The molecule has 0 bridgehead atoms. The number of halogens is 2. The molecule has 278 valence electrons. The zero-order chi connectivity index (χ0) is 38.9. The second-order valence-electron chi connectivity index (χ2n) is 12.8. The fraction of sp³-hybridized carbons (Fsp3) is 0.136. The highest BCUT2D eigenvalue weighted by atomic mass is 35.5. The van der Waals surface area contributed by atoms with Crippen LogP contribution in [0.5, 0.6) is 23.0 Å². The zero-order valence-electron chi connectivity index (χ0n) is 30.8. The SMILES string of the molecule is COc1ccc(C2=NC(c3ccncc3)(C3(c4ccncc4)N=C(c4ccc(OC)c(OC)c4)C(c4ccccc4Cl)=N3)N=C2c2ccccc2Cl)cc1OC. The van der Waals surface area contributed by atoms with Crippen LogP contribution in [0.25, 0.3) is 0 Å². The minimum absolute atomic E-state index is 0.490. The maximum absolute atomic E-state index is 7.00. The third-order valence-electron chi connectivity index (χ3n) is 9.77. The Kier molecular flexibility index (Phi) is 9.84. The molecule has 2 aromatic heterocycles. The molecule has 2 aliphatic rings. The summed E-state index contributed by atoms with van der Waals surface area (Å²) in [4.78, 5) is 31.4. The van der Waals surface area contributed by atoms with E-state index >= 15 is 0 Å².